The van der Waals surface area contributed by atoms with Crippen LogP contribution in [0.3, 0.4) is 0 Å². The van der Waals surface area contributed by atoms with Crippen LogP contribution in [-0.4, -0.2) is 58.5 Å². The van der Waals surface area contributed by atoms with Crippen LogP contribution in [0.15, 0.2) is 0 Å². The number of hydrogen-bond acceptors (Lipinski definition) is 3. The van der Waals surface area contributed by atoms with Crippen molar-refractivity contribution < 1.29 is 33.0 Å². The third-order valence-corrected chi connectivity index (χ3v) is 3.49. The second-order valence-electron chi connectivity index (χ2n) is 6.20. The number of alkyl halides is 3. The van der Waals surface area contributed by atoms with Crippen molar-refractivity contribution in [2.75, 3.05) is 13.1 Å². The molecule has 21 heavy (non-hydrogen) atoms. The second kappa shape index (κ2) is 5.70. The lowest BCUT2D eigenvalue weighted by atomic mass is 9.82. The fraction of sp³-hybridized carbons (Fsp3) is 0.833. The Kier molecular flexibility index (Phi) is 4.76. The van der Waals surface area contributed by atoms with E-state index in [-0.39, 0.29) is 6.54 Å². The molecule has 0 saturated carbocycles. The molecular formula is C12H19F3N2O4. The summed E-state index contributed by atoms with van der Waals surface area (Å²) >= 11 is 0. The SMILES string of the molecule is CC(C)(C)C1[C@H](O)[C@H](CNC(=O)C(F)(F)F)CN1C(=O)O. The molecule has 3 N–H and O–H groups in total. The van der Waals surface area contributed by atoms with Crippen molar-refractivity contribution in [2.45, 2.75) is 39.1 Å². The molecule has 1 saturated heterocycles. The Balaban J connectivity index is 2.79. The minimum atomic E-state index is -5.00. The number of likely N-dealkylation sites (tertiary alicyclic amines) is 1. The van der Waals surface area contributed by atoms with Crippen LogP contribution in [0, 0.1) is 11.3 Å². The van der Waals surface area contributed by atoms with E-state index in [1.165, 1.54) is 0 Å². The molecule has 1 aliphatic heterocycles. The van der Waals surface area contributed by atoms with Gasteiger partial charge >= 0.3 is 18.2 Å². The van der Waals surface area contributed by atoms with Crippen molar-refractivity contribution in [1.82, 2.24) is 10.2 Å². The quantitative estimate of drug-likeness (QED) is 0.711. The van der Waals surface area contributed by atoms with Crippen LogP contribution in [0.1, 0.15) is 20.8 Å². The van der Waals surface area contributed by atoms with Gasteiger partial charge in [0.25, 0.3) is 0 Å². The molecular weight excluding hydrogens is 293 g/mol. The van der Waals surface area contributed by atoms with E-state index in [0.717, 1.165) is 4.90 Å². The number of halogens is 3. The van der Waals surface area contributed by atoms with Gasteiger partial charge in [-0.05, 0) is 5.41 Å². The Morgan fingerprint density at radius 2 is 1.81 bits per heavy atom. The third-order valence-electron chi connectivity index (χ3n) is 3.49. The van der Waals surface area contributed by atoms with Gasteiger partial charge in [0.2, 0.25) is 0 Å². The second-order valence-corrected chi connectivity index (χ2v) is 6.20. The Hall–Kier alpha value is -1.51. The summed E-state index contributed by atoms with van der Waals surface area (Å²) in [5.74, 6) is -2.88. The molecule has 0 radical (unpaired) electrons. The summed E-state index contributed by atoms with van der Waals surface area (Å²) < 4.78 is 36.3. The molecule has 0 aromatic carbocycles. The average molecular weight is 312 g/mol. The number of nitrogens with one attached hydrogen (secondary N) is 1. The predicted octanol–water partition coefficient (Wildman–Crippen LogP) is 1.05. The van der Waals surface area contributed by atoms with E-state index in [9.17, 15) is 27.9 Å². The minimum absolute atomic E-state index is 0.128. The maximum atomic E-state index is 12.1. The Labute approximate surface area is 119 Å². The van der Waals surface area contributed by atoms with Crippen molar-refractivity contribution in [1.29, 1.82) is 0 Å². The number of nitrogens with zero attached hydrogens (tertiary/aromatic N) is 1. The van der Waals surface area contributed by atoms with Gasteiger partial charge in [-0.15, -0.1) is 0 Å². The molecule has 0 bridgehead atoms. The van der Waals surface area contributed by atoms with Crippen molar-refractivity contribution >= 4 is 12.0 Å². The number of carbonyl (C=O) groups is 2. The van der Waals surface area contributed by atoms with Gasteiger partial charge in [0.1, 0.15) is 0 Å². The molecule has 1 fully saturated rings. The molecule has 3 atom stereocenters. The molecule has 1 aliphatic rings. The highest BCUT2D eigenvalue weighted by Crippen LogP contribution is 2.35. The molecule has 2 amide bonds. The smallest absolute Gasteiger partial charge is 0.465 e. The highest BCUT2D eigenvalue weighted by atomic mass is 19.4. The zero-order valence-electron chi connectivity index (χ0n) is 11.9. The third kappa shape index (κ3) is 3.99. The van der Waals surface area contributed by atoms with Crippen LogP contribution in [-0.2, 0) is 4.79 Å². The van der Waals surface area contributed by atoms with Gasteiger partial charge < -0.3 is 20.4 Å². The molecule has 6 nitrogen and oxygen atoms in total. The summed E-state index contributed by atoms with van der Waals surface area (Å²) in [6, 6.07) is -0.747. The highest BCUT2D eigenvalue weighted by molar-refractivity contribution is 5.81. The van der Waals surface area contributed by atoms with E-state index in [0.29, 0.717) is 0 Å². The van der Waals surface area contributed by atoms with Gasteiger partial charge in [-0.2, -0.15) is 13.2 Å². The fourth-order valence-electron chi connectivity index (χ4n) is 2.60. The minimum Gasteiger partial charge on any atom is -0.465 e. The molecule has 0 aromatic rings. The van der Waals surface area contributed by atoms with E-state index in [2.05, 4.69) is 0 Å². The molecule has 0 spiro atoms. The molecule has 122 valence electrons. The van der Waals surface area contributed by atoms with Crippen molar-refractivity contribution in [2.24, 2.45) is 11.3 Å². The first kappa shape index (κ1) is 17.5. The van der Waals surface area contributed by atoms with Crippen LogP contribution >= 0.6 is 0 Å². The predicted molar refractivity (Wildman–Crippen MR) is 66.5 cm³/mol. The van der Waals surface area contributed by atoms with Gasteiger partial charge in [-0.25, -0.2) is 4.79 Å². The lowest BCUT2D eigenvalue weighted by Crippen LogP contribution is -2.48. The largest absolute Gasteiger partial charge is 0.471 e. The molecule has 0 aromatic heterocycles. The topological polar surface area (TPSA) is 89.9 Å². The summed E-state index contributed by atoms with van der Waals surface area (Å²) in [5.41, 5.74) is -0.583. The molecule has 0 aliphatic carbocycles. The zero-order valence-corrected chi connectivity index (χ0v) is 11.9. The first-order valence-corrected chi connectivity index (χ1v) is 6.38. The summed E-state index contributed by atoms with van der Waals surface area (Å²) in [6.07, 6.45) is -7.40. The van der Waals surface area contributed by atoms with Crippen LogP contribution in [0.2, 0.25) is 0 Å². The average Bonchev–Trinajstić information content (AvgIpc) is 2.61. The van der Waals surface area contributed by atoms with E-state index in [4.69, 9.17) is 5.11 Å². The Morgan fingerprint density at radius 3 is 2.14 bits per heavy atom. The Bertz CT molecular complexity index is 420. The molecule has 9 heteroatoms. The number of carbonyl (C=O) groups excluding carboxylic acids is 1. The summed E-state index contributed by atoms with van der Waals surface area (Å²) in [6.45, 7) is 4.63. The molecule has 1 rings (SSSR count). The Morgan fingerprint density at radius 1 is 1.29 bits per heavy atom. The number of rotatable bonds is 2. The molecule has 1 unspecified atom stereocenters. The zero-order chi connectivity index (χ0) is 16.6. The van der Waals surface area contributed by atoms with Crippen LogP contribution in [0.4, 0.5) is 18.0 Å². The van der Waals surface area contributed by atoms with Crippen LogP contribution in [0.25, 0.3) is 0 Å². The fourth-order valence-corrected chi connectivity index (χ4v) is 2.60. The monoisotopic (exact) mass is 312 g/mol. The first-order chi connectivity index (χ1) is 9.35. The summed E-state index contributed by atoms with van der Waals surface area (Å²) in [5, 5.41) is 21.0. The van der Waals surface area contributed by atoms with E-state index in [1.54, 1.807) is 26.1 Å². The van der Waals surface area contributed by atoms with Gasteiger partial charge in [0.05, 0.1) is 12.1 Å². The van der Waals surface area contributed by atoms with Gasteiger partial charge in [0, 0.05) is 19.0 Å². The maximum Gasteiger partial charge on any atom is 0.471 e. The van der Waals surface area contributed by atoms with Crippen molar-refractivity contribution in [3.8, 4) is 0 Å². The van der Waals surface area contributed by atoms with Gasteiger partial charge in [0.15, 0.2) is 0 Å². The lowest BCUT2D eigenvalue weighted by molar-refractivity contribution is -0.173. The van der Waals surface area contributed by atoms with Gasteiger partial charge in [-0.3, -0.25) is 4.79 Å². The van der Waals surface area contributed by atoms with Crippen molar-refractivity contribution in [3.05, 3.63) is 0 Å². The number of aliphatic hydroxyl groups excluding tert-OH is 1. The number of hydrogen-bond donors (Lipinski definition) is 3. The number of amides is 2. The molecule has 1 heterocycles. The highest BCUT2D eigenvalue weighted by Gasteiger charge is 2.49. The number of carboxylic acid groups (broad SMARTS) is 1. The van der Waals surface area contributed by atoms with Crippen LogP contribution in [0.5, 0.6) is 0 Å². The lowest BCUT2D eigenvalue weighted by Gasteiger charge is -2.35. The van der Waals surface area contributed by atoms with Crippen molar-refractivity contribution in [3.63, 3.8) is 0 Å². The van der Waals surface area contributed by atoms with E-state index < -0.39 is 48.2 Å². The van der Waals surface area contributed by atoms with Crippen LogP contribution < -0.4 is 5.32 Å². The van der Waals surface area contributed by atoms with E-state index in [1.807, 2.05) is 0 Å². The standard InChI is InChI=1S/C12H19F3N2O4/c1-11(2,3)8-7(18)6(5-17(8)10(20)21)4-16-9(19)12(13,14)15/h6-8,18H,4-5H2,1-3H3,(H,16,19)(H,20,21)/t6-,7-,8?/m1/s1. The van der Waals surface area contributed by atoms with Gasteiger partial charge in [-0.1, -0.05) is 20.8 Å². The number of aliphatic hydroxyl groups is 1. The summed E-state index contributed by atoms with van der Waals surface area (Å²) in [7, 11) is 0. The van der Waals surface area contributed by atoms with E-state index >= 15 is 0 Å². The normalized spacial score (nSPS) is 26.8. The first-order valence-electron chi connectivity index (χ1n) is 6.38. The summed E-state index contributed by atoms with van der Waals surface area (Å²) in [4.78, 5) is 23.0. The maximum absolute atomic E-state index is 12.1.